The van der Waals surface area contributed by atoms with Gasteiger partial charge in [-0.15, -0.1) is 0 Å². The van der Waals surface area contributed by atoms with Gasteiger partial charge in [-0.1, -0.05) is 11.6 Å². The molecule has 0 saturated carbocycles. The van der Waals surface area contributed by atoms with E-state index in [1.165, 1.54) is 13.4 Å². The molecule has 6 heteroatoms. The molecule has 0 fully saturated rings. The normalized spacial score (nSPS) is 13.4. The summed E-state index contributed by atoms with van der Waals surface area (Å²) in [5.41, 5.74) is -0.537. The van der Waals surface area contributed by atoms with Crippen LogP contribution in [-0.2, 0) is 0 Å². The minimum absolute atomic E-state index is 0.237. The molecule has 0 aromatic carbocycles. The maximum atomic E-state index is 9.59. The van der Waals surface area contributed by atoms with Crippen LogP contribution in [0, 0.1) is 0 Å². The summed E-state index contributed by atoms with van der Waals surface area (Å²) in [6.45, 7) is 5.41. The Labute approximate surface area is 99.8 Å². The van der Waals surface area contributed by atoms with Crippen molar-refractivity contribution >= 4 is 17.4 Å². The minimum Gasteiger partial charge on any atom is -0.490 e. The first-order chi connectivity index (χ1) is 7.38. The molecule has 1 aromatic rings. The summed E-state index contributed by atoms with van der Waals surface area (Å²) in [5.74, 6) is 0.839. The van der Waals surface area contributed by atoms with Gasteiger partial charge >= 0.3 is 0 Å². The first kappa shape index (κ1) is 13.0. The SMILES string of the molecule is COc1c(Cl)ncnc1NC(C)(C)C(C)O. The first-order valence-electron chi connectivity index (χ1n) is 4.89. The number of nitrogens with zero attached hydrogens (tertiary/aromatic N) is 2. The maximum absolute atomic E-state index is 9.59. The summed E-state index contributed by atoms with van der Waals surface area (Å²) in [4.78, 5) is 7.85. The van der Waals surface area contributed by atoms with Gasteiger partial charge in [0.1, 0.15) is 6.33 Å². The van der Waals surface area contributed by atoms with Crippen LogP contribution in [0.15, 0.2) is 6.33 Å². The number of hydrogen-bond acceptors (Lipinski definition) is 5. The number of aromatic nitrogens is 2. The fourth-order valence-corrected chi connectivity index (χ4v) is 1.24. The minimum atomic E-state index is -0.550. The Bertz CT molecular complexity index is 369. The van der Waals surface area contributed by atoms with Crippen LogP contribution >= 0.6 is 11.6 Å². The Morgan fingerprint density at radius 2 is 2.12 bits per heavy atom. The molecule has 0 bridgehead atoms. The van der Waals surface area contributed by atoms with Crippen LogP contribution in [0.5, 0.6) is 5.75 Å². The molecule has 1 heterocycles. The van der Waals surface area contributed by atoms with Crippen LogP contribution in [0.3, 0.4) is 0 Å². The number of ether oxygens (including phenoxy) is 1. The van der Waals surface area contributed by atoms with Crippen molar-refractivity contribution in [1.29, 1.82) is 0 Å². The standard InChI is InChI=1S/C10H16ClN3O2/c1-6(15)10(2,3)14-9-7(16-4)8(11)12-5-13-9/h5-6,15H,1-4H3,(H,12,13,14). The Kier molecular flexibility index (Phi) is 3.93. The highest BCUT2D eigenvalue weighted by molar-refractivity contribution is 6.31. The molecule has 0 radical (unpaired) electrons. The molecule has 0 aliphatic heterocycles. The van der Waals surface area contributed by atoms with Gasteiger partial charge in [-0.25, -0.2) is 9.97 Å². The van der Waals surface area contributed by atoms with E-state index < -0.39 is 11.6 Å². The van der Waals surface area contributed by atoms with Gasteiger partial charge in [-0.3, -0.25) is 0 Å². The van der Waals surface area contributed by atoms with E-state index >= 15 is 0 Å². The van der Waals surface area contributed by atoms with Gasteiger partial charge in [0.2, 0.25) is 0 Å². The van der Waals surface area contributed by atoms with E-state index in [-0.39, 0.29) is 5.15 Å². The Morgan fingerprint density at radius 1 is 1.50 bits per heavy atom. The second kappa shape index (κ2) is 4.84. The van der Waals surface area contributed by atoms with E-state index in [4.69, 9.17) is 16.3 Å². The highest BCUT2D eigenvalue weighted by Gasteiger charge is 2.26. The Hall–Kier alpha value is -1.07. The number of aliphatic hydroxyl groups is 1. The molecule has 5 nitrogen and oxygen atoms in total. The predicted octanol–water partition coefficient (Wildman–Crippen LogP) is 1.71. The molecule has 0 aliphatic rings. The summed E-state index contributed by atoms with van der Waals surface area (Å²) in [6.07, 6.45) is 0.789. The summed E-state index contributed by atoms with van der Waals surface area (Å²) in [6, 6.07) is 0. The van der Waals surface area contributed by atoms with Crippen LogP contribution in [0.4, 0.5) is 5.82 Å². The van der Waals surface area contributed by atoms with Crippen LogP contribution in [0.2, 0.25) is 5.15 Å². The van der Waals surface area contributed by atoms with E-state index in [0.29, 0.717) is 11.6 Å². The van der Waals surface area contributed by atoms with E-state index in [0.717, 1.165) is 0 Å². The quantitative estimate of drug-likeness (QED) is 0.791. The molecule has 1 atom stereocenters. The monoisotopic (exact) mass is 245 g/mol. The topological polar surface area (TPSA) is 67.3 Å². The van der Waals surface area contributed by atoms with E-state index in [1.54, 1.807) is 6.92 Å². The van der Waals surface area contributed by atoms with Crippen molar-refractivity contribution in [1.82, 2.24) is 9.97 Å². The van der Waals surface area contributed by atoms with Crippen molar-refractivity contribution in [3.8, 4) is 5.75 Å². The average molecular weight is 246 g/mol. The fraction of sp³-hybridized carbons (Fsp3) is 0.600. The van der Waals surface area contributed by atoms with Crippen molar-refractivity contribution in [2.24, 2.45) is 0 Å². The molecule has 1 aromatic heterocycles. The largest absolute Gasteiger partial charge is 0.490 e. The number of halogens is 1. The number of nitrogens with one attached hydrogen (secondary N) is 1. The van der Waals surface area contributed by atoms with E-state index in [9.17, 15) is 5.11 Å². The van der Waals surface area contributed by atoms with Crippen molar-refractivity contribution < 1.29 is 9.84 Å². The molecule has 16 heavy (non-hydrogen) atoms. The molecule has 90 valence electrons. The summed E-state index contributed by atoms with van der Waals surface area (Å²) in [7, 11) is 1.49. The third kappa shape index (κ3) is 2.74. The lowest BCUT2D eigenvalue weighted by Crippen LogP contribution is -2.42. The molecule has 0 saturated heterocycles. The first-order valence-corrected chi connectivity index (χ1v) is 5.27. The molecule has 0 aliphatic carbocycles. The molecule has 1 unspecified atom stereocenters. The van der Waals surface area contributed by atoms with Crippen LogP contribution in [0.25, 0.3) is 0 Å². The number of methoxy groups -OCH3 is 1. The third-order valence-electron chi connectivity index (χ3n) is 2.45. The van der Waals surface area contributed by atoms with Gasteiger partial charge < -0.3 is 15.2 Å². The summed E-state index contributed by atoms with van der Waals surface area (Å²) >= 11 is 5.86. The molecule has 2 N–H and O–H groups in total. The molecule has 0 amide bonds. The highest BCUT2D eigenvalue weighted by Crippen LogP contribution is 2.30. The average Bonchev–Trinajstić information content (AvgIpc) is 2.17. The molecule has 0 spiro atoms. The van der Waals surface area contributed by atoms with Crippen molar-refractivity contribution in [2.75, 3.05) is 12.4 Å². The lowest BCUT2D eigenvalue weighted by Gasteiger charge is -2.30. The van der Waals surface area contributed by atoms with Crippen molar-refractivity contribution in [2.45, 2.75) is 32.4 Å². The van der Waals surface area contributed by atoms with Crippen LogP contribution < -0.4 is 10.1 Å². The van der Waals surface area contributed by atoms with Gasteiger partial charge in [0, 0.05) is 0 Å². The van der Waals surface area contributed by atoms with Gasteiger partial charge in [-0.05, 0) is 20.8 Å². The lowest BCUT2D eigenvalue weighted by atomic mass is 9.99. The predicted molar refractivity (Wildman–Crippen MR) is 63.0 cm³/mol. The molecular weight excluding hydrogens is 230 g/mol. The zero-order valence-electron chi connectivity index (χ0n) is 9.78. The van der Waals surface area contributed by atoms with E-state index in [1.807, 2.05) is 13.8 Å². The van der Waals surface area contributed by atoms with Gasteiger partial charge in [0.25, 0.3) is 0 Å². The van der Waals surface area contributed by atoms with E-state index in [2.05, 4.69) is 15.3 Å². The number of anilines is 1. The second-order valence-electron chi connectivity index (χ2n) is 4.07. The van der Waals surface area contributed by atoms with Gasteiger partial charge in [0.15, 0.2) is 16.7 Å². The van der Waals surface area contributed by atoms with Gasteiger partial charge in [0.05, 0.1) is 18.8 Å². The summed E-state index contributed by atoms with van der Waals surface area (Å²) < 4.78 is 5.10. The lowest BCUT2D eigenvalue weighted by molar-refractivity contribution is 0.132. The Balaban J connectivity index is 3.02. The zero-order valence-corrected chi connectivity index (χ0v) is 10.5. The molecular formula is C10H16ClN3O2. The van der Waals surface area contributed by atoms with Crippen molar-refractivity contribution in [3.63, 3.8) is 0 Å². The second-order valence-corrected chi connectivity index (χ2v) is 4.43. The summed E-state index contributed by atoms with van der Waals surface area (Å²) in [5, 5.41) is 12.9. The number of aliphatic hydroxyl groups excluding tert-OH is 1. The molecule has 1 rings (SSSR count). The maximum Gasteiger partial charge on any atom is 0.198 e. The Morgan fingerprint density at radius 3 is 2.62 bits per heavy atom. The van der Waals surface area contributed by atoms with Crippen molar-refractivity contribution in [3.05, 3.63) is 11.5 Å². The van der Waals surface area contributed by atoms with Crippen LogP contribution in [0.1, 0.15) is 20.8 Å². The number of rotatable bonds is 4. The highest BCUT2D eigenvalue weighted by atomic mass is 35.5. The zero-order chi connectivity index (χ0) is 12.3. The fourth-order valence-electron chi connectivity index (χ4n) is 1.03. The smallest absolute Gasteiger partial charge is 0.198 e. The van der Waals surface area contributed by atoms with Crippen LogP contribution in [-0.4, -0.2) is 33.8 Å². The van der Waals surface area contributed by atoms with Gasteiger partial charge in [-0.2, -0.15) is 0 Å². The number of hydrogen-bond donors (Lipinski definition) is 2. The third-order valence-corrected chi connectivity index (χ3v) is 2.72.